The van der Waals surface area contributed by atoms with Crippen molar-refractivity contribution in [1.82, 2.24) is 14.9 Å². The van der Waals surface area contributed by atoms with E-state index in [0.29, 0.717) is 42.8 Å². The molecule has 144 valence electrons. The maximum Gasteiger partial charge on any atom is 0.253 e. The number of fused-ring (bicyclic) bond motifs is 1. The second-order valence-electron chi connectivity index (χ2n) is 6.89. The number of para-hydroxylation sites is 2. The molecule has 1 aromatic heterocycles. The summed E-state index contributed by atoms with van der Waals surface area (Å²) in [5.41, 5.74) is 3.17. The van der Waals surface area contributed by atoms with Crippen LogP contribution in [0.1, 0.15) is 39.3 Å². The molecule has 4 rings (SSSR count). The first-order valence-electron chi connectivity index (χ1n) is 9.45. The number of likely N-dealkylation sites (tertiary alicyclic amines) is 1. The quantitative estimate of drug-likeness (QED) is 0.508. The van der Waals surface area contributed by atoms with Gasteiger partial charge in [0.25, 0.3) is 5.91 Å². The average molecular weight is 385 g/mol. The van der Waals surface area contributed by atoms with Crippen molar-refractivity contribution < 1.29 is 14.4 Å². The Balaban J connectivity index is 1.44. The van der Waals surface area contributed by atoms with Gasteiger partial charge in [-0.3, -0.25) is 19.4 Å². The van der Waals surface area contributed by atoms with Crippen molar-refractivity contribution in [2.75, 3.05) is 13.1 Å². The zero-order valence-electron chi connectivity index (χ0n) is 15.7. The fourth-order valence-corrected chi connectivity index (χ4v) is 3.23. The zero-order chi connectivity index (χ0) is 20.2. The molecule has 29 heavy (non-hydrogen) atoms. The van der Waals surface area contributed by atoms with Gasteiger partial charge in [0.05, 0.1) is 22.9 Å². The summed E-state index contributed by atoms with van der Waals surface area (Å²) in [4.78, 5) is 46.7. The molecule has 0 spiro atoms. The van der Waals surface area contributed by atoms with Crippen LogP contribution in [0.5, 0.6) is 0 Å². The molecule has 3 aromatic rings. The first-order chi connectivity index (χ1) is 14.1. The minimum Gasteiger partial charge on any atom is -0.338 e. The van der Waals surface area contributed by atoms with Crippen LogP contribution in [0.2, 0.25) is 0 Å². The Morgan fingerprint density at radius 1 is 0.897 bits per heavy atom. The molecule has 1 aliphatic heterocycles. The lowest BCUT2D eigenvalue weighted by molar-refractivity contribution is -0.120. The number of piperidine rings is 1. The number of benzene rings is 2. The molecule has 6 nitrogen and oxygen atoms in total. The maximum atomic E-state index is 12.5. The van der Waals surface area contributed by atoms with Crippen LogP contribution >= 0.6 is 0 Å². The molecular formula is C23H19N3O3. The smallest absolute Gasteiger partial charge is 0.253 e. The summed E-state index contributed by atoms with van der Waals surface area (Å²) in [5.74, 6) is -0.0982. The van der Waals surface area contributed by atoms with E-state index in [9.17, 15) is 14.4 Å². The molecule has 1 fully saturated rings. The Hall–Kier alpha value is -3.67. The molecule has 0 N–H and O–H groups in total. The summed E-state index contributed by atoms with van der Waals surface area (Å²) in [6.07, 6.45) is 5.52. The second kappa shape index (κ2) is 8.14. The third-order valence-electron chi connectivity index (χ3n) is 4.90. The number of amides is 1. The van der Waals surface area contributed by atoms with Crippen molar-refractivity contribution in [3.63, 3.8) is 0 Å². The molecule has 0 saturated carbocycles. The molecule has 0 aliphatic carbocycles. The van der Waals surface area contributed by atoms with E-state index in [-0.39, 0.29) is 17.5 Å². The fourth-order valence-electron chi connectivity index (χ4n) is 3.23. The van der Waals surface area contributed by atoms with E-state index in [1.165, 1.54) is 6.08 Å². The molecule has 0 radical (unpaired) electrons. The Bertz CT molecular complexity index is 1110. The predicted molar refractivity (Wildman–Crippen MR) is 109 cm³/mol. The van der Waals surface area contributed by atoms with Crippen LogP contribution in [0.15, 0.2) is 60.8 Å². The number of Topliss-reactive ketones (excluding diaryl/α,β-unsaturated/α-hetero) is 1. The van der Waals surface area contributed by atoms with Gasteiger partial charge in [-0.2, -0.15) is 0 Å². The summed E-state index contributed by atoms with van der Waals surface area (Å²) >= 11 is 0. The highest BCUT2D eigenvalue weighted by atomic mass is 16.2. The number of carbonyl (C=O) groups excluding carboxylic acids is 3. The number of allylic oxidation sites excluding steroid dienone is 1. The van der Waals surface area contributed by atoms with E-state index in [2.05, 4.69) is 9.97 Å². The van der Waals surface area contributed by atoms with Gasteiger partial charge < -0.3 is 4.90 Å². The van der Waals surface area contributed by atoms with E-state index < -0.39 is 0 Å². The predicted octanol–water partition coefficient (Wildman–Crippen LogP) is 3.33. The van der Waals surface area contributed by atoms with Gasteiger partial charge in [-0.1, -0.05) is 24.3 Å². The Morgan fingerprint density at radius 3 is 2.28 bits per heavy atom. The molecule has 1 saturated heterocycles. The second-order valence-corrected chi connectivity index (χ2v) is 6.89. The van der Waals surface area contributed by atoms with Gasteiger partial charge in [-0.25, -0.2) is 4.98 Å². The lowest BCUT2D eigenvalue weighted by Gasteiger charge is -2.26. The van der Waals surface area contributed by atoms with Crippen molar-refractivity contribution in [1.29, 1.82) is 0 Å². The molecule has 0 unspecified atom stereocenters. The molecule has 1 amide bonds. The summed E-state index contributed by atoms with van der Waals surface area (Å²) in [7, 11) is 0. The summed E-state index contributed by atoms with van der Waals surface area (Å²) in [5, 5.41) is 0. The summed E-state index contributed by atoms with van der Waals surface area (Å²) in [6, 6.07) is 14.1. The highest BCUT2D eigenvalue weighted by Crippen LogP contribution is 2.14. The van der Waals surface area contributed by atoms with Gasteiger partial charge in [-0.05, 0) is 36.4 Å². The van der Waals surface area contributed by atoms with Crippen molar-refractivity contribution >= 4 is 34.6 Å². The van der Waals surface area contributed by atoms with Gasteiger partial charge in [0, 0.05) is 37.1 Å². The van der Waals surface area contributed by atoms with Gasteiger partial charge in [0.2, 0.25) is 0 Å². The minimum absolute atomic E-state index is 0.113. The lowest BCUT2D eigenvalue weighted by Crippen LogP contribution is -2.38. The van der Waals surface area contributed by atoms with Crippen LogP contribution in [-0.2, 0) is 4.79 Å². The van der Waals surface area contributed by atoms with E-state index in [1.54, 1.807) is 41.4 Å². The number of carbonyl (C=O) groups is 3. The van der Waals surface area contributed by atoms with E-state index in [1.807, 2.05) is 24.3 Å². The first kappa shape index (κ1) is 18.7. The van der Waals surface area contributed by atoms with Crippen LogP contribution < -0.4 is 0 Å². The van der Waals surface area contributed by atoms with Crippen molar-refractivity contribution in [3.05, 3.63) is 77.6 Å². The normalized spacial score (nSPS) is 14.5. The van der Waals surface area contributed by atoms with Crippen LogP contribution in [0.25, 0.3) is 17.1 Å². The molecule has 2 aromatic carbocycles. The van der Waals surface area contributed by atoms with E-state index in [0.717, 1.165) is 11.0 Å². The Morgan fingerprint density at radius 2 is 1.55 bits per heavy atom. The zero-order valence-corrected chi connectivity index (χ0v) is 15.7. The number of rotatable bonds is 4. The minimum atomic E-state index is -0.178. The lowest BCUT2D eigenvalue weighted by atomic mass is 10.0. The van der Waals surface area contributed by atoms with Crippen LogP contribution in [0, 0.1) is 0 Å². The fraction of sp³-hybridized carbons (Fsp3) is 0.174. The third-order valence-corrected chi connectivity index (χ3v) is 4.90. The number of hydrogen-bond donors (Lipinski definition) is 0. The highest BCUT2D eigenvalue weighted by molar-refractivity contribution is 6.07. The highest BCUT2D eigenvalue weighted by Gasteiger charge is 2.21. The number of nitrogens with zero attached hydrogens (tertiary/aromatic N) is 3. The van der Waals surface area contributed by atoms with Crippen molar-refractivity contribution in [3.8, 4) is 0 Å². The maximum absolute atomic E-state index is 12.5. The standard InChI is InChI=1S/C23H19N3O3/c27-19-11-13-26(14-12-19)23(29)17-7-5-16(6-8-17)22(28)10-9-18-15-24-20-3-1-2-4-21(20)25-18/h1-10,15H,11-14H2. The summed E-state index contributed by atoms with van der Waals surface area (Å²) < 4.78 is 0. The number of ketones is 2. The molecular weight excluding hydrogens is 366 g/mol. The van der Waals surface area contributed by atoms with Crippen molar-refractivity contribution in [2.24, 2.45) is 0 Å². The average Bonchev–Trinajstić information content (AvgIpc) is 2.77. The molecule has 6 heteroatoms. The summed E-state index contributed by atoms with van der Waals surface area (Å²) in [6.45, 7) is 0.905. The molecule has 2 heterocycles. The van der Waals surface area contributed by atoms with Gasteiger partial charge in [-0.15, -0.1) is 0 Å². The topological polar surface area (TPSA) is 80.2 Å². The van der Waals surface area contributed by atoms with E-state index in [4.69, 9.17) is 0 Å². The third kappa shape index (κ3) is 4.27. The number of aromatic nitrogens is 2. The van der Waals surface area contributed by atoms with Gasteiger partial charge in [0.1, 0.15) is 5.78 Å². The van der Waals surface area contributed by atoms with Crippen LogP contribution in [0.4, 0.5) is 0 Å². The largest absolute Gasteiger partial charge is 0.338 e. The van der Waals surface area contributed by atoms with Gasteiger partial charge >= 0.3 is 0 Å². The Kier molecular flexibility index (Phi) is 5.24. The molecule has 0 bridgehead atoms. The van der Waals surface area contributed by atoms with Crippen LogP contribution in [0.3, 0.4) is 0 Å². The first-order valence-corrected chi connectivity index (χ1v) is 9.45. The van der Waals surface area contributed by atoms with Crippen LogP contribution in [-0.4, -0.2) is 45.4 Å². The SMILES string of the molecule is O=C1CCN(C(=O)c2ccc(C(=O)C=Cc3cnc4ccccc4n3)cc2)CC1. The molecule has 0 atom stereocenters. The number of hydrogen-bond acceptors (Lipinski definition) is 5. The monoisotopic (exact) mass is 385 g/mol. The van der Waals surface area contributed by atoms with E-state index >= 15 is 0 Å². The van der Waals surface area contributed by atoms with Crippen molar-refractivity contribution in [2.45, 2.75) is 12.8 Å². The Labute approximate surface area is 167 Å². The molecule has 1 aliphatic rings. The van der Waals surface area contributed by atoms with Gasteiger partial charge in [0.15, 0.2) is 5.78 Å².